The Morgan fingerprint density at radius 3 is 2.79 bits per heavy atom. The smallest absolute Gasteiger partial charge is 0.306 e. The van der Waals surface area contributed by atoms with Crippen molar-refractivity contribution in [1.82, 2.24) is 9.97 Å². The Bertz CT molecular complexity index is 1190. The summed E-state index contributed by atoms with van der Waals surface area (Å²) in [5.41, 5.74) is 2.42. The summed E-state index contributed by atoms with van der Waals surface area (Å²) in [6.45, 7) is 1.89. The Balaban J connectivity index is 1.47. The van der Waals surface area contributed by atoms with Crippen molar-refractivity contribution in [2.24, 2.45) is 5.92 Å². The number of anilines is 2. The number of halogens is 1. The number of piperidine rings is 1. The molecular formula is C24H27ClN4O3S. The van der Waals surface area contributed by atoms with Gasteiger partial charge in [-0.2, -0.15) is 4.98 Å². The number of carbonyl (C=O) groups is 1. The average Bonchev–Trinajstić information content (AvgIpc) is 3.21. The molecule has 0 saturated carbocycles. The quantitative estimate of drug-likeness (QED) is 0.498. The van der Waals surface area contributed by atoms with Gasteiger partial charge in [-0.05, 0) is 61.8 Å². The number of hydrogen-bond acceptors (Lipinski definition) is 7. The van der Waals surface area contributed by atoms with Crippen LogP contribution in [0.3, 0.4) is 0 Å². The lowest BCUT2D eigenvalue weighted by atomic mass is 9.97. The first-order valence-corrected chi connectivity index (χ1v) is 12.6. The molecule has 0 spiro atoms. The van der Waals surface area contributed by atoms with E-state index in [1.807, 2.05) is 18.2 Å². The number of carboxylic acid groups (broad SMARTS) is 1. The summed E-state index contributed by atoms with van der Waals surface area (Å²) in [6.07, 6.45) is 5.80. The van der Waals surface area contributed by atoms with Crippen molar-refractivity contribution in [2.45, 2.75) is 45.1 Å². The Morgan fingerprint density at radius 2 is 2.06 bits per heavy atom. The maximum Gasteiger partial charge on any atom is 0.306 e. The number of nitrogens with zero attached hydrogens (tertiary/aromatic N) is 3. The van der Waals surface area contributed by atoms with Crippen molar-refractivity contribution in [2.75, 3.05) is 30.4 Å². The van der Waals surface area contributed by atoms with Gasteiger partial charge in [0, 0.05) is 24.5 Å². The molecule has 0 unspecified atom stereocenters. The Hall–Kier alpha value is -2.58. The fraction of sp³-hybridized carbons (Fsp3) is 0.458. The topological polar surface area (TPSA) is 87.6 Å². The van der Waals surface area contributed by atoms with Crippen LogP contribution >= 0.6 is 22.9 Å². The lowest BCUT2D eigenvalue weighted by Gasteiger charge is -2.30. The molecule has 0 atom stereocenters. The van der Waals surface area contributed by atoms with Crippen molar-refractivity contribution < 1.29 is 14.6 Å². The highest BCUT2D eigenvalue weighted by atomic mass is 35.5. The van der Waals surface area contributed by atoms with Gasteiger partial charge in [0.25, 0.3) is 0 Å². The van der Waals surface area contributed by atoms with Gasteiger partial charge in [0.1, 0.15) is 16.4 Å². The number of aliphatic carboxylic acids is 1. The highest BCUT2D eigenvalue weighted by Crippen LogP contribution is 2.40. The van der Waals surface area contributed by atoms with Gasteiger partial charge in [0.2, 0.25) is 5.95 Å². The van der Waals surface area contributed by atoms with Gasteiger partial charge in [-0.15, -0.1) is 11.3 Å². The minimum atomic E-state index is -0.711. The monoisotopic (exact) mass is 486 g/mol. The van der Waals surface area contributed by atoms with E-state index in [1.165, 1.54) is 23.3 Å². The number of carboxylic acids is 1. The second-order valence-corrected chi connectivity index (χ2v) is 10.2. The molecule has 1 aliphatic heterocycles. The van der Waals surface area contributed by atoms with Gasteiger partial charge in [-0.1, -0.05) is 17.7 Å². The molecule has 1 saturated heterocycles. The average molecular weight is 487 g/mol. The van der Waals surface area contributed by atoms with E-state index in [2.05, 4.69) is 10.2 Å². The van der Waals surface area contributed by atoms with Gasteiger partial charge >= 0.3 is 5.97 Å². The third kappa shape index (κ3) is 4.46. The summed E-state index contributed by atoms with van der Waals surface area (Å²) >= 11 is 8.10. The Morgan fingerprint density at radius 1 is 1.27 bits per heavy atom. The third-order valence-electron chi connectivity index (χ3n) is 6.61. The molecule has 174 valence electrons. The molecule has 1 aliphatic carbocycles. The van der Waals surface area contributed by atoms with E-state index in [4.69, 9.17) is 26.3 Å². The molecule has 7 nitrogen and oxygen atoms in total. The fourth-order valence-corrected chi connectivity index (χ4v) is 6.28. The first-order valence-electron chi connectivity index (χ1n) is 11.4. The van der Waals surface area contributed by atoms with E-state index in [1.54, 1.807) is 18.4 Å². The normalized spacial score (nSPS) is 16.6. The van der Waals surface area contributed by atoms with Crippen LogP contribution in [0.25, 0.3) is 10.2 Å². The summed E-state index contributed by atoms with van der Waals surface area (Å²) < 4.78 is 5.26. The van der Waals surface area contributed by atoms with Crippen LogP contribution in [0.15, 0.2) is 18.2 Å². The number of aromatic nitrogens is 2. The summed E-state index contributed by atoms with van der Waals surface area (Å²) in [5, 5.41) is 14.6. The third-order valence-corrected chi connectivity index (χ3v) is 8.09. The van der Waals surface area contributed by atoms with Gasteiger partial charge in [0.15, 0.2) is 0 Å². The van der Waals surface area contributed by atoms with Crippen LogP contribution in [0.5, 0.6) is 5.75 Å². The predicted molar refractivity (Wildman–Crippen MR) is 132 cm³/mol. The molecule has 1 aromatic carbocycles. The maximum atomic E-state index is 11.3. The van der Waals surface area contributed by atoms with Crippen LogP contribution in [0.4, 0.5) is 11.8 Å². The largest absolute Gasteiger partial charge is 0.495 e. The molecule has 33 heavy (non-hydrogen) atoms. The molecule has 0 radical (unpaired) electrons. The van der Waals surface area contributed by atoms with E-state index in [0.29, 0.717) is 49.2 Å². The SMILES string of the molecule is COc1ccc(CNc2nc(N3CCC(C(=O)O)CC3)nc3sc4c(c23)CCCC4)cc1Cl. The molecule has 2 aromatic heterocycles. The van der Waals surface area contributed by atoms with Gasteiger partial charge in [-0.3, -0.25) is 4.79 Å². The number of rotatable bonds is 6. The zero-order valence-electron chi connectivity index (χ0n) is 18.6. The van der Waals surface area contributed by atoms with Gasteiger partial charge in [0.05, 0.1) is 23.4 Å². The van der Waals surface area contributed by atoms with E-state index >= 15 is 0 Å². The number of fused-ring (bicyclic) bond motifs is 3. The first kappa shape index (κ1) is 22.2. The molecular weight excluding hydrogens is 460 g/mol. The Labute approximate surface area is 201 Å². The molecule has 1 fully saturated rings. The second-order valence-electron chi connectivity index (χ2n) is 8.69. The standard InChI is InChI=1S/C24H27ClN4O3S/c1-32-18-7-6-14(12-17(18)25)13-26-21-20-16-4-2-3-5-19(16)33-22(20)28-24(27-21)29-10-8-15(9-11-29)23(30)31/h6-7,12,15H,2-5,8-11,13H2,1H3,(H,30,31)(H,26,27,28). The van der Waals surface area contributed by atoms with Crippen LogP contribution in [-0.2, 0) is 24.2 Å². The lowest BCUT2D eigenvalue weighted by molar-refractivity contribution is -0.142. The van der Waals surface area contributed by atoms with Crippen LogP contribution in [0, 0.1) is 5.92 Å². The first-order chi connectivity index (χ1) is 16.0. The van der Waals surface area contributed by atoms with Crippen LogP contribution in [0.1, 0.15) is 41.7 Å². The summed E-state index contributed by atoms with van der Waals surface area (Å²) in [7, 11) is 1.61. The highest BCUT2D eigenvalue weighted by Gasteiger charge is 2.28. The van der Waals surface area contributed by atoms with E-state index in [-0.39, 0.29) is 5.92 Å². The summed E-state index contributed by atoms with van der Waals surface area (Å²) in [5.74, 6) is 1.19. The summed E-state index contributed by atoms with van der Waals surface area (Å²) in [4.78, 5) is 25.8. The minimum absolute atomic E-state index is 0.281. The molecule has 9 heteroatoms. The van der Waals surface area contributed by atoms with E-state index in [0.717, 1.165) is 34.4 Å². The summed E-state index contributed by atoms with van der Waals surface area (Å²) in [6, 6.07) is 5.78. The fourth-order valence-electron chi connectivity index (χ4n) is 4.75. The number of nitrogens with one attached hydrogen (secondary N) is 1. The lowest BCUT2D eigenvalue weighted by Crippen LogP contribution is -2.37. The van der Waals surface area contributed by atoms with Crippen molar-refractivity contribution in [3.8, 4) is 5.75 Å². The molecule has 0 amide bonds. The highest BCUT2D eigenvalue weighted by molar-refractivity contribution is 7.19. The molecule has 5 rings (SSSR count). The number of hydrogen-bond donors (Lipinski definition) is 2. The van der Waals surface area contributed by atoms with Crippen molar-refractivity contribution in [3.05, 3.63) is 39.2 Å². The number of benzene rings is 1. The minimum Gasteiger partial charge on any atom is -0.495 e. The maximum absolute atomic E-state index is 11.3. The van der Waals surface area contributed by atoms with E-state index < -0.39 is 5.97 Å². The number of thiophene rings is 1. The van der Waals surface area contributed by atoms with Gasteiger partial charge < -0.3 is 20.1 Å². The van der Waals surface area contributed by atoms with Crippen molar-refractivity contribution >= 4 is 50.9 Å². The molecule has 3 heterocycles. The second kappa shape index (κ2) is 9.35. The van der Waals surface area contributed by atoms with Crippen LogP contribution in [0.2, 0.25) is 5.02 Å². The van der Waals surface area contributed by atoms with Gasteiger partial charge in [-0.25, -0.2) is 4.98 Å². The Kier molecular flexibility index (Phi) is 6.29. The zero-order chi connectivity index (χ0) is 22.9. The zero-order valence-corrected chi connectivity index (χ0v) is 20.1. The molecule has 2 aliphatic rings. The number of ether oxygens (including phenoxy) is 1. The predicted octanol–water partition coefficient (Wildman–Crippen LogP) is 5.15. The van der Waals surface area contributed by atoms with Crippen molar-refractivity contribution in [1.29, 1.82) is 0 Å². The molecule has 2 N–H and O–H groups in total. The number of methoxy groups -OCH3 is 1. The number of aryl methyl sites for hydroxylation is 2. The van der Waals surface area contributed by atoms with Crippen LogP contribution < -0.4 is 15.0 Å². The van der Waals surface area contributed by atoms with Crippen molar-refractivity contribution in [3.63, 3.8) is 0 Å². The molecule has 0 bridgehead atoms. The van der Waals surface area contributed by atoms with E-state index in [9.17, 15) is 9.90 Å². The van der Waals surface area contributed by atoms with Crippen LogP contribution in [-0.4, -0.2) is 41.2 Å². The molecule has 3 aromatic rings.